The highest BCUT2D eigenvalue weighted by atomic mass is 15.1. The van der Waals surface area contributed by atoms with Gasteiger partial charge in [-0.1, -0.05) is 17.7 Å². The zero-order valence-electron chi connectivity index (χ0n) is 13.5. The van der Waals surface area contributed by atoms with Crippen LogP contribution in [0.15, 0.2) is 12.1 Å². The molecule has 0 spiro atoms. The summed E-state index contributed by atoms with van der Waals surface area (Å²) in [5, 5.41) is 3.47. The van der Waals surface area contributed by atoms with Crippen LogP contribution in [0.5, 0.6) is 0 Å². The van der Waals surface area contributed by atoms with Gasteiger partial charge >= 0.3 is 0 Å². The van der Waals surface area contributed by atoms with Crippen LogP contribution in [0.25, 0.3) is 0 Å². The molecule has 1 fully saturated rings. The van der Waals surface area contributed by atoms with E-state index in [1.807, 2.05) is 0 Å². The highest BCUT2D eigenvalue weighted by molar-refractivity contribution is 5.37. The number of hydrogen-bond donors (Lipinski definition) is 1. The molecule has 2 rings (SSSR count). The molecular weight excluding hydrogens is 244 g/mol. The molecule has 2 heteroatoms. The molecule has 112 valence electrons. The van der Waals surface area contributed by atoms with Gasteiger partial charge in [-0.2, -0.15) is 0 Å². The Morgan fingerprint density at radius 1 is 1.00 bits per heavy atom. The first-order chi connectivity index (χ1) is 9.66. The first-order valence-corrected chi connectivity index (χ1v) is 8.16. The summed E-state index contributed by atoms with van der Waals surface area (Å²) in [5.41, 5.74) is 5.91. The van der Waals surface area contributed by atoms with Crippen LogP contribution in [0, 0.1) is 20.8 Å². The summed E-state index contributed by atoms with van der Waals surface area (Å²) < 4.78 is 0. The third kappa shape index (κ3) is 4.60. The molecule has 0 aromatic heterocycles. The van der Waals surface area contributed by atoms with Crippen molar-refractivity contribution in [2.75, 3.05) is 32.7 Å². The zero-order valence-corrected chi connectivity index (χ0v) is 13.5. The Morgan fingerprint density at radius 2 is 1.75 bits per heavy atom. The highest BCUT2D eigenvalue weighted by Gasteiger charge is 2.08. The van der Waals surface area contributed by atoms with Crippen molar-refractivity contribution in [3.63, 3.8) is 0 Å². The minimum Gasteiger partial charge on any atom is -0.315 e. The molecule has 0 atom stereocenters. The number of nitrogens with zero attached hydrogens (tertiary/aromatic N) is 1. The molecule has 2 nitrogen and oxygen atoms in total. The second-order valence-electron chi connectivity index (χ2n) is 6.28. The number of hydrogen-bond acceptors (Lipinski definition) is 2. The maximum atomic E-state index is 3.47. The molecule has 0 unspecified atom stereocenters. The predicted octanol–water partition coefficient (Wildman–Crippen LogP) is 3.23. The Labute approximate surface area is 124 Å². The van der Waals surface area contributed by atoms with E-state index in [-0.39, 0.29) is 0 Å². The molecule has 0 amide bonds. The third-order valence-corrected chi connectivity index (χ3v) is 4.42. The van der Waals surface area contributed by atoms with E-state index < -0.39 is 0 Å². The molecule has 0 aliphatic carbocycles. The molecule has 1 aromatic carbocycles. The Kier molecular flexibility index (Phi) is 6.06. The number of rotatable bonds is 5. The van der Waals surface area contributed by atoms with Gasteiger partial charge in [0.15, 0.2) is 0 Å². The van der Waals surface area contributed by atoms with Crippen molar-refractivity contribution in [1.29, 1.82) is 0 Å². The van der Waals surface area contributed by atoms with Gasteiger partial charge in [0.1, 0.15) is 0 Å². The van der Waals surface area contributed by atoms with Crippen LogP contribution < -0.4 is 5.32 Å². The van der Waals surface area contributed by atoms with Crippen molar-refractivity contribution in [3.05, 3.63) is 34.4 Å². The first kappa shape index (κ1) is 15.5. The van der Waals surface area contributed by atoms with Gasteiger partial charge < -0.3 is 10.2 Å². The third-order valence-electron chi connectivity index (χ3n) is 4.42. The maximum absolute atomic E-state index is 3.47. The predicted molar refractivity (Wildman–Crippen MR) is 87.5 cm³/mol. The smallest absolute Gasteiger partial charge is 0.0107 e. The summed E-state index contributed by atoms with van der Waals surface area (Å²) in [5.74, 6) is 0. The lowest BCUT2D eigenvalue weighted by Crippen LogP contribution is -2.29. The van der Waals surface area contributed by atoms with Crippen LogP contribution in [0.3, 0.4) is 0 Å². The second-order valence-corrected chi connectivity index (χ2v) is 6.28. The van der Waals surface area contributed by atoms with Gasteiger partial charge in [0, 0.05) is 13.1 Å². The molecule has 0 radical (unpaired) electrons. The molecule has 1 aliphatic heterocycles. The van der Waals surface area contributed by atoms with Crippen molar-refractivity contribution in [3.8, 4) is 0 Å². The summed E-state index contributed by atoms with van der Waals surface area (Å²) in [6.07, 6.45) is 5.18. The van der Waals surface area contributed by atoms with E-state index in [4.69, 9.17) is 0 Å². The lowest BCUT2D eigenvalue weighted by Gasteiger charge is -2.19. The van der Waals surface area contributed by atoms with Crippen molar-refractivity contribution in [2.45, 2.75) is 46.5 Å². The molecule has 1 N–H and O–H groups in total. The monoisotopic (exact) mass is 274 g/mol. The zero-order chi connectivity index (χ0) is 14.4. The number of aryl methyl sites for hydroxylation is 3. The standard InChI is InChI=1S/C18H30N2/c1-15-13-16(2)18(17(3)14-15)7-4-5-10-20-11-6-8-19-9-12-20/h13-14,19H,4-12H2,1-3H3. The van der Waals surface area contributed by atoms with E-state index in [0.29, 0.717) is 0 Å². The summed E-state index contributed by atoms with van der Waals surface area (Å²) in [7, 11) is 0. The van der Waals surface area contributed by atoms with E-state index in [0.717, 1.165) is 6.54 Å². The molecule has 0 bridgehead atoms. The maximum Gasteiger partial charge on any atom is 0.0107 e. The van der Waals surface area contributed by atoms with Gasteiger partial charge in [-0.3, -0.25) is 0 Å². The molecular formula is C18H30N2. The molecule has 1 aromatic rings. The van der Waals surface area contributed by atoms with Crippen molar-refractivity contribution >= 4 is 0 Å². The number of benzene rings is 1. The Morgan fingerprint density at radius 3 is 2.50 bits per heavy atom. The minimum absolute atomic E-state index is 1.16. The largest absolute Gasteiger partial charge is 0.315 e. The van der Waals surface area contributed by atoms with E-state index in [9.17, 15) is 0 Å². The van der Waals surface area contributed by atoms with Crippen LogP contribution in [-0.2, 0) is 6.42 Å². The SMILES string of the molecule is Cc1cc(C)c(CCCCN2CCCNCC2)c(C)c1. The summed E-state index contributed by atoms with van der Waals surface area (Å²) in [6.45, 7) is 12.8. The molecule has 20 heavy (non-hydrogen) atoms. The van der Waals surface area contributed by atoms with Crippen molar-refractivity contribution < 1.29 is 0 Å². The van der Waals surface area contributed by atoms with Crippen LogP contribution in [-0.4, -0.2) is 37.6 Å². The van der Waals surface area contributed by atoms with Gasteiger partial charge in [0.25, 0.3) is 0 Å². The Hall–Kier alpha value is -0.860. The fourth-order valence-corrected chi connectivity index (χ4v) is 3.37. The van der Waals surface area contributed by atoms with Gasteiger partial charge in [0.05, 0.1) is 0 Å². The first-order valence-electron chi connectivity index (χ1n) is 8.16. The summed E-state index contributed by atoms with van der Waals surface area (Å²) in [6, 6.07) is 4.64. The average molecular weight is 274 g/mol. The van der Waals surface area contributed by atoms with Gasteiger partial charge in [-0.15, -0.1) is 0 Å². The van der Waals surface area contributed by atoms with Gasteiger partial charge in [0.2, 0.25) is 0 Å². The van der Waals surface area contributed by atoms with Crippen LogP contribution in [0.1, 0.15) is 41.5 Å². The van der Waals surface area contributed by atoms with E-state index in [1.165, 1.54) is 68.6 Å². The summed E-state index contributed by atoms with van der Waals surface area (Å²) in [4.78, 5) is 2.62. The molecule has 1 heterocycles. The van der Waals surface area contributed by atoms with E-state index >= 15 is 0 Å². The quantitative estimate of drug-likeness (QED) is 0.829. The normalized spacial score (nSPS) is 17.1. The highest BCUT2D eigenvalue weighted by Crippen LogP contribution is 2.18. The fourth-order valence-electron chi connectivity index (χ4n) is 3.37. The van der Waals surface area contributed by atoms with Crippen LogP contribution in [0.2, 0.25) is 0 Å². The minimum atomic E-state index is 1.16. The lowest BCUT2D eigenvalue weighted by molar-refractivity contribution is 0.286. The van der Waals surface area contributed by atoms with Gasteiger partial charge in [-0.05, 0) is 82.8 Å². The van der Waals surface area contributed by atoms with Crippen LogP contribution >= 0.6 is 0 Å². The second kappa shape index (κ2) is 7.80. The number of unbranched alkanes of at least 4 members (excludes halogenated alkanes) is 1. The Bertz CT molecular complexity index is 394. The number of nitrogens with one attached hydrogen (secondary N) is 1. The molecule has 0 saturated carbocycles. The van der Waals surface area contributed by atoms with Gasteiger partial charge in [-0.25, -0.2) is 0 Å². The Balaban J connectivity index is 1.75. The molecule has 1 saturated heterocycles. The van der Waals surface area contributed by atoms with E-state index in [1.54, 1.807) is 5.56 Å². The lowest BCUT2D eigenvalue weighted by atomic mass is 9.95. The fraction of sp³-hybridized carbons (Fsp3) is 0.667. The summed E-state index contributed by atoms with van der Waals surface area (Å²) >= 11 is 0. The molecule has 1 aliphatic rings. The van der Waals surface area contributed by atoms with Crippen molar-refractivity contribution in [2.24, 2.45) is 0 Å². The topological polar surface area (TPSA) is 15.3 Å². The van der Waals surface area contributed by atoms with Crippen molar-refractivity contribution in [1.82, 2.24) is 10.2 Å². The van der Waals surface area contributed by atoms with Crippen LogP contribution in [0.4, 0.5) is 0 Å². The van der Waals surface area contributed by atoms with E-state index in [2.05, 4.69) is 43.1 Å². The average Bonchev–Trinajstić information content (AvgIpc) is 2.65.